The smallest absolute Gasteiger partial charge is 0.307 e. The summed E-state index contributed by atoms with van der Waals surface area (Å²) in [5, 5.41) is 17.9. The highest BCUT2D eigenvalue weighted by atomic mass is 32.2. The molecule has 0 spiro atoms. The van der Waals surface area contributed by atoms with Crippen molar-refractivity contribution in [3.05, 3.63) is 23.8 Å². The Hall–Kier alpha value is -1.64. The summed E-state index contributed by atoms with van der Waals surface area (Å²) in [6.07, 6.45) is -0.400. The van der Waals surface area contributed by atoms with Crippen LogP contribution in [0, 0.1) is 5.92 Å². The van der Waals surface area contributed by atoms with Crippen LogP contribution in [0.2, 0.25) is 0 Å². The number of sulfonamides is 1. The molecule has 1 heterocycles. The van der Waals surface area contributed by atoms with Crippen molar-refractivity contribution in [1.82, 2.24) is 4.31 Å². The molecular formula is C13H17NO6S. The average molecular weight is 315 g/mol. The molecule has 1 saturated heterocycles. The first kappa shape index (κ1) is 15.7. The first-order valence-electron chi connectivity index (χ1n) is 6.38. The Kier molecular flexibility index (Phi) is 4.50. The highest BCUT2D eigenvalue weighted by Gasteiger charge is 2.37. The summed E-state index contributed by atoms with van der Waals surface area (Å²) in [5.74, 6) is -0.764. The van der Waals surface area contributed by atoms with Crippen LogP contribution in [0.5, 0.6) is 5.75 Å². The number of aliphatic hydroxyl groups excluding tert-OH is 1. The lowest BCUT2D eigenvalue weighted by molar-refractivity contribution is -0.136. The maximum absolute atomic E-state index is 12.5. The molecule has 0 amide bonds. The van der Waals surface area contributed by atoms with Gasteiger partial charge >= 0.3 is 5.97 Å². The number of hydrogen-bond donors (Lipinski definition) is 2. The number of ether oxygens (including phenoxy) is 1. The Morgan fingerprint density at radius 3 is 2.62 bits per heavy atom. The maximum atomic E-state index is 12.5. The van der Waals surface area contributed by atoms with Gasteiger partial charge in [-0.2, -0.15) is 4.31 Å². The van der Waals surface area contributed by atoms with Crippen molar-refractivity contribution in [3.63, 3.8) is 0 Å². The molecule has 0 aliphatic carbocycles. The lowest BCUT2D eigenvalue weighted by Crippen LogP contribution is -2.51. The molecule has 8 heteroatoms. The fraction of sp³-hybridized carbons (Fsp3) is 0.462. The van der Waals surface area contributed by atoms with E-state index in [1.54, 1.807) is 0 Å². The van der Waals surface area contributed by atoms with Gasteiger partial charge in [0.1, 0.15) is 5.75 Å². The van der Waals surface area contributed by atoms with Crippen LogP contribution in [-0.2, 0) is 21.2 Å². The Morgan fingerprint density at radius 1 is 1.43 bits per heavy atom. The molecule has 2 N–H and O–H groups in total. The van der Waals surface area contributed by atoms with Crippen molar-refractivity contribution in [1.29, 1.82) is 0 Å². The van der Waals surface area contributed by atoms with E-state index < -0.39 is 22.4 Å². The van der Waals surface area contributed by atoms with Crippen LogP contribution >= 0.6 is 0 Å². The van der Waals surface area contributed by atoms with Gasteiger partial charge in [0, 0.05) is 25.6 Å². The lowest BCUT2D eigenvalue weighted by atomic mass is 10.1. The highest BCUT2D eigenvalue weighted by molar-refractivity contribution is 7.89. The minimum Gasteiger partial charge on any atom is -0.497 e. The van der Waals surface area contributed by atoms with Crippen molar-refractivity contribution in [2.75, 3.05) is 26.8 Å². The minimum atomic E-state index is -3.74. The predicted molar refractivity (Wildman–Crippen MR) is 73.7 cm³/mol. The van der Waals surface area contributed by atoms with Crippen LogP contribution in [0.15, 0.2) is 23.1 Å². The SMILES string of the molecule is COc1ccc(S(=O)(=O)N2CC(CO)C2)c(CC(=O)O)c1. The summed E-state index contributed by atoms with van der Waals surface area (Å²) in [7, 11) is -2.32. The quantitative estimate of drug-likeness (QED) is 0.762. The molecule has 0 aromatic heterocycles. The zero-order valence-corrected chi connectivity index (χ0v) is 12.3. The van der Waals surface area contributed by atoms with Crippen LogP contribution in [0.1, 0.15) is 5.56 Å². The number of carboxylic acid groups (broad SMARTS) is 1. The summed E-state index contributed by atoms with van der Waals surface area (Å²) in [5.41, 5.74) is 0.189. The largest absolute Gasteiger partial charge is 0.497 e. The van der Waals surface area contributed by atoms with E-state index in [9.17, 15) is 13.2 Å². The third kappa shape index (κ3) is 3.17. The van der Waals surface area contributed by atoms with Crippen LogP contribution in [-0.4, -0.2) is 55.7 Å². The van der Waals surface area contributed by atoms with E-state index in [4.69, 9.17) is 14.9 Å². The van der Waals surface area contributed by atoms with Crippen LogP contribution in [0.3, 0.4) is 0 Å². The van der Waals surface area contributed by atoms with E-state index in [1.807, 2.05) is 0 Å². The Bertz CT molecular complexity index is 636. The van der Waals surface area contributed by atoms with Gasteiger partial charge in [-0.1, -0.05) is 0 Å². The van der Waals surface area contributed by atoms with E-state index in [-0.39, 0.29) is 36.1 Å². The molecule has 0 radical (unpaired) electrons. The summed E-state index contributed by atoms with van der Waals surface area (Å²) in [6.45, 7) is 0.436. The van der Waals surface area contributed by atoms with E-state index in [0.29, 0.717) is 5.75 Å². The fourth-order valence-corrected chi connectivity index (χ4v) is 4.00. The Labute approximate surface area is 122 Å². The molecule has 116 valence electrons. The third-order valence-corrected chi connectivity index (χ3v) is 5.34. The van der Waals surface area contributed by atoms with Crippen LogP contribution in [0.4, 0.5) is 0 Å². The molecule has 2 rings (SSSR count). The van der Waals surface area contributed by atoms with Crippen molar-refractivity contribution in [3.8, 4) is 5.75 Å². The molecule has 1 aliphatic heterocycles. The molecular weight excluding hydrogens is 298 g/mol. The molecule has 1 fully saturated rings. The number of hydrogen-bond acceptors (Lipinski definition) is 5. The summed E-state index contributed by atoms with van der Waals surface area (Å²) in [6, 6.07) is 4.27. The molecule has 0 saturated carbocycles. The lowest BCUT2D eigenvalue weighted by Gasteiger charge is -2.37. The number of carboxylic acids is 1. The number of aliphatic hydroxyl groups is 1. The van der Waals surface area contributed by atoms with E-state index in [0.717, 1.165) is 0 Å². The standard InChI is InChI=1S/C13H17NO6S/c1-20-11-2-3-12(10(4-11)5-13(16)17)21(18,19)14-6-9(7-14)8-15/h2-4,9,15H,5-8H2,1H3,(H,16,17). The van der Waals surface area contributed by atoms with Gasteiger partial charge in [0.15, 0.2) is 0 Å². The van der Waals surface area contributed by atoms with Gasteiger partial charge in [-0.05, 0) is 23.8 Å². The molecule has 0 atom stereocenters. The number of methoxy groups -OCH3 is 1. The zero-order valence-electron chi connectivity index (χ0n) is 11.5. The van der Waals surface area contributed by atoms with Crippen LogP contribution in [0.25, 0.3) is 0 Å². The number of carbonyl (C=O) groups is 1. The summed E-state index contributed by atoms with van der Waals surface area (Å²) in [4.78, 5) is 10.9. The molecule has 0 unspecified atom stereocenters. The van der Waals surface area contributed by atoms with Crippen molar-refractivity contribution < 1.29 is 28.2 Å². The first-order valence-corrected chi connectivity index (χ1v) is 7.82. The van der Waals surface area contributed by atoms with Crippen molar-refractivity contribution in [2.45, 2.75) is 11.3 Å². The van der Waals surface area contributed by atoms with Gasteiger partial charge in [-0.3, -0.25) is 4.79 Å². The van der Waals surface area contributed by atoms with Gasteiger partial charge in [0.25, 0.3) is 0 Å². The topological polar surface area (TPSA) is 104 Å². The number of benzene rings is 1. The van der Waals surface area contributed by atoms with Gasteiger partial charge in [-0.15, -0.1) is 0 Å². The monoisotopic (exact) mass is 315 g/mol. The van der Waals surface area contributed by atoms with E-state index >= 15 is 0 Å². The fourth-order valence-electron chi connectivity index (χ4n) is 2.21. The second-order valence-electron chi connectivity index (χ2n) is 4.91. The number of aliphatic carboxylic acids is 1. The van der Waals surface area contributed by atoms with Gasteiger partial charge in [0.05, 0.1) is 18.4 Å². The first-order chi connectivity index (χ1) is 9.88. The second-order valence-corrected chi connectivity index (χ2v) is 6.82. The van der Waals surface area contributed by atoms with Crippen molar-refractivity contribution in [2.24, 2.45) is 5.92 Å². The Morgan fingerprint density at radius 2 is 2.10 bits per heavy atom. The number of nitrogens with zero attached hydrogens (tertiary/aromatic N) is 1. The van der Waals surface area contributed by atoms with Crippen LogP contribution < -0.4 is 4.74 Å². The normalized spacial score (nSPS) is 16.5. The Balaban J connectivity index is 2.35. The molecule has 1 aromatic rings. The van der Waals surface area contributed by atoms with Gasteiger partial charge in [0.2, 0.25) is 10.0 Å². The van der Waals surface area contributed by atoms with Gasteiger partial charge in [-0.25, -0.2) is 8.42 Å². The molecule has 1 aromatic carbocycles. The predicted octanol–water partition coefficient (Wildman–Crippen LogP) is -0.0649. The minimum absolute atomic E-state index is 0.0258. The molecule has 0 bridgehead atoms. The molecule has 21 heavy (non-hydrogen) atoms. The highest BCUT2D eigenvalue weighted by Crippen LogP contribution is 2.29. The zero-order chi connectivity index (χ0) is 15.6. The molecule has 7 nitrogen and oxygen atoms in total. The molecule has 1 aliphatic rings. The van der Waals surface area contributed by atoms with E-state index in [1.165, 1.54) is 29.6 Å². The number of rotatable bonds is 6. The average Bonchev–Trinajstić information content (AvgIpc) is 2.36. The maximum Gasteiger partial charge on any atom is 0.307 e. The van der Waals surface area contributed by atoms with Gasteiger partial charge < -0.3 is 14.9 Å². The second kappa shape index (κ2) is 6.00. The van der Waals surface area contributed by atoms with E-state index in [2.05, 4.69) is 0 Å². The third-order valence-electron chi connectivity index (χ3n) is 3.41. The summed E-state index contributed by atoms with van der Waals surface area (Å²) >= 11 is 0. The summed E-state index contributed by atoms with van der Waals surface area (Å²) < 4.78 is 31.2. The van der Waals surface area contributed by atoms with Crippen molar-refractivity contribution >= 4 is 16.0 Å².